The van der Waals surface area contributed by atoms with Gasteiger partial charge in [0.2, 0.25) is 11.6 Å². The van der Waals surface area contributed by atoms with Gasteiger partial charge in [0.05, 0.1) is 6.10 Å². The molecule has 142 valence electrons. The van der Waals surface area contributed by atoms with Crippen LogP contribution in [0.1, 0.15) is 71.6 Å². The smallest absolute Gasteiger partial charge is 0.224 e. The zero-order valence-electron chi connectivity index (χ0n) is 14.8. The Balaban J connectivity index is 4.12. The number of aldehydes is 1. The van der Waals surface area contributed by atoms with Gasteiger partial charge in [-0.3, -0.25) is 9.59 Å². The summed E-state index contributed by atoms with van der Waals surface area (Å²) in [6, 6.07) is 0. The van der Waals surface area contributed by atoms with Gasteiger partial charge >= 0.3 is 0 Å². The summed E-state index contributed by atoms with van der Waals surface area (Å²) in [6.45, 7) is 3.36. The number of aliphatic hydroxyl groups excluding tert-OH is 3. The van der Waals surface area contributed by atoms with Crippen LogP contribution in [0.15, 0.2) is 0 Å². The fourth-order valence-corrected chi connectivity index (χ4v) is 2.40. The number of hydrogen-bond donors (Lipinski definition) is 5. The van der Waals surface area contributed by atoms with Crippen LogP contribution < -0.4 is 5.32 Å². The third-order valence-electron chi connectivity index (χ3n) is 4.05. The van der Waals surface area contributed by atoms with Crippen molar-refractivity contribution in [1.29, 1.82) is 0 Å². The first-order valence-electron chi connectivity index (χ1n) is 8.82. The molecule has 0 aromatic carbocycles. The van der Waals surface area contributed by atoms with Crippen LogP contribution in [0.25, 0.3) is 0 Å². The number of carbonyl (C=O) groups is 2. The maximum atomic E-state index is 11.8. The lowest BCUT2D eigenvalue weighted by molar-refractivity contribution is -0.173. The lowest BCUT2D eigenvalue weighted by atomic mass is 9.99. The molecule has 0 aliphatic rings. The van der Waals surface area contributed by atoms with Crippen LogP contribution >= 0.6 is 0 Å². The first kappa shape index (κ1) is 23.0. The third-order valence-corrected chi connectivity index (χ3v) is 4.05. The molecule has 0 aliphatic heterocycles. The molecule has 0 aromatic rings. The molecule has 0 rings (SSSR count). The van der Waals surface area contributed by atoms with E-state index >= 15 is 0 Å². The van der Waals surface area contributed by atoms with Crippen molar-refractivity contribution in [2.24, 2.45) is 0 Å². The third kappa shape index (κ3) is 8.73. The number of amides is 1. The van der Waals surface area contributed by atoms with Gasteiger partial charge in [-0.05, 0) is 13.3 Å². The quantitative estimate of drug-likeness (QED) is 0.178. The second-order valence-electron chi connectivity index (χ2n) is 6.39. The van der Waals surface area contributed by atoms with Gasteiger partial charge in [0, 0.05) is 6.42 Å². The van der Waals surface area contributed by atoms with Gasteiger partial charge in [0.1, 0.15) is 12.2 Å². The van der Waals surface area contributed by atoms with E-state index in [0.29, 0.717) is 6.42 Å². The summed E-state index contributed by atoms with van der Waals surface area (Å²) in [5.74, 6) is -0.590. The molecule has 7 nitrogen and oxygen atoms in total. The van der Waals surface area contributed by atoms with Gasteiger partial charge in [-0.1, -0.05) is 51.9 Å². The molecule has 7 heteroatoms. The van der Waals surface area contributed by atoms with E-state index in [4.69, 9.17) is 0 Å². The van der Waals surface area contributed by atoms with Crippen molar-refractivity contribution in [2.75, 3.05) is 0 Å². The Kier molecular flexibility index (Phi) is 11.8. The van der Waals surface area contributed by atoms with Crippen LogP contribution in [0, 0.1) is 0 Å². The van der Waals surface area contributed by atoms with E-state index in [9.17, 15) is 30.0 Å². The van der Waals surface area contributed by atoms with Gasteiger partial charge in [-0.25, -0.2) is 0 Å². The first-order valence-corrected chi connectivity index (χ1v) is 8.82. The lowest BCUT2D eigenvalue weighted by Crippen LogP contribution is -2.63. The molecule has 1 amide bonds. The Hall–Kier alpha value is -1.02. The van der Waals surface area contributed by atoms with Crippen molar-refractivity contribution in [1.82, 2.24) is 5.32 Å². The molecular formula is C17H33NO6. The van der Waals surface area contributed by atoms with Gasteiger partial charge < -0.3 is 25.7 Å². The zero-order valence-corrected chi connectivity index (χ0v) is 14.8. The summed E-state index contributed by atoms with van der Waals surface area (Å²) in [7, 11) is 0. The summed E-state index contributed by atoms with van der Waals surface area (Å²) < 4.78 is 0. The lowest BCUT2D eigenvalue weighted by Gasteiger charge is -2.32. The van der Waals surface area contributed by atoms with Crippen LogP contribution in [0.3, 0.4) is 0 Å². The molecule has 0 heterocycles. The Morgan fingerprint density at radius 1 is 1.04 bits per heavy atom. The van der Waals surface area contributed by atoms with E-state index in [1.54, 1.807) is 0 Å². The molecule has 0 aliphatic carbocycles. The minimum atomic E-state index is -2.62. The van der Waals surface area contributed by atoms with Gasteiger partial charge in [-0.2, -0.15) is 0 Å². The molecule has 0 spiro atoms. The van der Waals surface area contributed by atoms with E-state index < -0.39 is 29.9 Å². The molecule has 0 bridgehead atoms. The SMILES string of the molecule is CCCCCCCCCCC(=O)N[C@](O)(C=O)[C@@H](O)[C@H](O)[C@@H](C)O. The summed E-state index contributed by atoms with van der Waals surface area (Å²) in [6.07, 6.45) is 3.43. The van der Waals surface area contributed by atoms with Gasteiger partial charge in [-0.15, -0.1) is 0 Å². The summed E-state index contributed by atoms with van der Waals surface area (Å²) >= 11 is 0. The summed E-state index contributed by atoms with van der Waals surface area (Å²) in [4.78, 5) is 22.8. The monoisotopic (exact) mass is 347 g/mol. The summed E-state index contributed by atoms with van der Waals surface area (Å²) in [5.41, 5.74) is -2.62. The van der Waals surface area contributed by atoms with Gasteiger partial charge in [0.15, 0.2) is 6.29 Å². The highest BCUT2D eigenvalue weighted by molar-refractivity contribution is 5.81. The molecule has 0 unspecified atom stereocenters. The van der Waals surface area contributed by atoms with Crippen LogP contribution in [0.5, 0.6) is 0 Å². The molecule has 0 fully saturated rings. The molecule has 4 atom stereocenters. The number of rotatable bonds is 14. The van der Waals surface area contributed by atoms with Crippen molar-refractivity contribution in [3.63, 3.8) is 0 Å². The Morgan fingerprint density at radius 2 is 1.54 bits per heavy atom. The van der Waals surface area contributed by atoms with E-state index in [-0.39, 0.29) is 12.7 Å². The fourth-order valence-electron chi connectivity index (χ4n) is 2.40. The Bertz CT molecular complexity index is 363. The highest BCUT2D eigenvalue weighted by Gasteiger charge is 2.42. The Morgan fingerprint density at radius 3 is 2.00 bits per heavy atom. The molecule has 0 radical (unpaired) electrons. The number of aliphatic hydroxyl groups is 4. The first-order chi connectivity index (χ1) is 11.3. The number of nitrogens with one attached hydrogen (secondary N) is 1. The standard InChI is InChI=1S/C17H33NO6/c1-3-4-5-6-7-8-9-10-11-14(21)18-17(24,12-19)16(23)15(22)13(2)20/h12-13,15-16,20,22-24H,3-11H2,1-2H3,(H,18,21)/t13-,15-,16+,17+/m1/s1. The van der Waals surface area contributed by atoms with E-state index in [1.165, 1.54) is 32.6 Å². The van der Waals surface area contributed by atoms with Crippen molar-refractivity contribution >= 4 is 12.2 Å². The highest BCUT2D eigenvalue weighted by atomic mass is 16.4. The number of carbonyl (C=O) groups excluding carboxylic acids is 2. The van der Waals surface area contributed by atoms with E-state index in [2.05, 4.69) is 6.92 Å². The van der Waals surface area contributed by atoms with Crippen molar-refractivity contribution in [3.8, 4) is 0 Å². The predicted molar refractivity (Wildman–Crippen MR) is 90.1 cm³/mol. The largest absolute Gasteiger partial charge is 0.391 e. The summed E-state index contributed by atoms with van der Waals surface area (Å²) in [5, 5.41) is 40.5. The van der Waals surface area contributed by atoms with Crippen LogP contribution in [-0.2, 0) is 9.59 Å². The average molecular weight is 347 g/mol. The maximum absolute atomic E-state index is 11.8. The highest BCUT2D eigenvalue weighted by Crippen LogP contribution is 2.13. The second kappa shape index (κ2) is 12.4. The minimum Gasteiger partial charge on any atom is -0.391 e. The second-order valence-corrected chi connectivity index (χ2v) is 6.39. The Labute approximate surface area is 144 Å². The normalized spacial score (nSPS) is 17.6. The molecule has 24 heavy (non-hydrogen) atoms. The van der Waals surface area contributed by atoms with E-state index in [0.717, 1.165) is 19.3 Å². The van der Waals surface area contributed by atoms with Crippen LogP contribution in [-0.4, -0.2) is 56.7 Å². The predicted octanol–water partition coefficient (Wildman–Crippen LogP) is 0.623. The van der Waals surface area contributed by atoms with E-state index in [1.807, 2.05) is 5.32 Å². The fraction of sp³-hybridized carbons (Fsp3) is 0.882. The molecule has 0 saturated heterocycles. The van der Waals surface area contributed by atoms with Crippen molar-refractivity contribution in [3.05, 3.63) is 0 Å². The number of unbranched alkanes of at least 4 members (excludes halogenated alkanes) is 7. The van der Waals surface area contributed by atoms with Crippen LogP contribution in [0.2, 0.25) is 0 Å². The topological polar surface area (TPSA) is 127 Å². The maximum Gasteiger partial charge on any atom is 0.224 e. The van der Waals surface area contributed by atoms with Crippen molar-refractivity contribution < 1.29 is 30.0 Å². The van der Waals surface area contributed by atoms with Gasteiger partial charge in [0.25, 0.3) is 0 Å². The molecule has 0 saturated carbocycles. The average Bonchev–Trinajstić information content (AvgIpc) is 2.55. The number of hydrogen-bond acceptors (Lipinski definition) is 6. The zero-order chi connectivity index (χ0) is 18.6. The molecule has 0 aromatic heterocycles. The molecule has 5 N–H and O–H groups in total. The minimum absolute atomic E-state index is 0.0467. The van der Waals surface area contributed by atoms with Crippen LogP contribution in [0.4, 0.5) is 0 Å². The molecular weight excluding hydrogens is 314 g/mol. The van der Waals surface area contributed by atoms with Crippen molar-refractivity contribution in [2.45, 2.75) is 95.7 Å².